The zero-order valence-corrected chi connectivity index (χ0v) is 16.3. The van der Waals surface area contributed by atoms with E-state index >= 15 is 0 Å². The van der Waals surface area contributed by atoms with Crippen LogP contribution in [0.3, 0.4) is 0 Å². The molecule has 1 aromatic carbocycles. The average molecular weight is 414 g/mol. The van der Waals surface area contributed by atoms with E-state index in [1.165, 1.54) is 0 Å². The molecule has 1 unspecified atom stereocenters. The van der Waals surface area contributed by atoms with Gasteiger partial charge in [0.2, 0.25) is 5.91 Å². The molecule has 0 aliphatic carbocycles. The predicted octanol–water partition coefficient (Wildman–Crippen LogP) is 1.71. The fraction of sp³-hybridized carbons (Fsp3) is 0.500. The van der Waals surface area contributed by atoms with Crippen molar-refractivity contribution < 1.29 is 29.0 Å². The van der Waals surface area contributed by atoms with Crippen molar-refractivity contribution in [3.63, 3.8) is 0 Å². The van der Waals surface area contributed by atoms with Crippen molar-refractivity contribution in [2.45, 2.75) is 25.8 Å². The molecule has 1 saturated heterocycles. The van der Waals surface area contributed by atoms with Gasteiger partial charge in [-0.25, -0.2) is 4.79 Å². The first-order valence-electron chi connectivity index (χ1n) is 8.92. The normalized spacial score (nSPS) is 17.8. The van der Waals surface area contributed by atoms with Crippen LogP contribution in [0.2, 0.25) is 0 Å². The number of hydrogen-bond acceptors (Lipinski definition) is 6. The SMILES string of the molecule is CC(C(=O)NC(=O)Nc1ccc2c(c1)OCCO2)N1CCC(C(=O)O)CC1.Cl. The molecule has 9 nitrogen and oxygen atoms in total. The molecule has 154 valence electrons. The molecule has 0 aromatic heterocycles. The lowest BCUT2D eigenvalue weighted by atomic mass is 9.96. The fourth-order valence-electron chi connectivity index (χ4n) is 3.20. The number of carboxylic acid groups (broad SMARTS) is 1. The standard InChI is InChI=1S/C18H23N3O6.ClH/c1-11(21-6-4-12(5-7-21)17(23)24)16(22)20-18(25)19-13-2-3-14-15(10-13)27-9-8-26-14;/h2-3,10-12H,4-9H2,1H3,(H,23,24)(H2,19,20,22,25);1H. The summed E-state index contributed by atoms with van der Waals surface area (Å²) in [5.41, 5.74) is 0.486. The number of amides is 3. The molecule has 1 atom stereocenters. The summed E-state index contributed by atoms with van der Waals surface area (Å²) in [6, 6.07) is 3.84. The number of nitrogens with zero attached hydrogens (tertiary/aromatic N) is 1. The van der Waals surface area contributed by atoms with Gasteiger partial charge in [0.15, 0.2) is 11.5 Å². The van der Waals surface area contributed by atoms with Crippen molar-refractivity contribution in [1.82, 2.24) is 10.2 Å². The smallest absolute Gasteiger partial charge is 0.325 e. The van der Waals surface area contributed by atoms with E-state index in [9.17, 15) is 14.4 Å². The molecule has 1 aromatic rings. The molecule has 10 heteroatoms. The van der Waals surface area contributed by atoms with E-state index in [0.29, 0.717) is 56.3 Å². The Morgan fingerprint density at radius 2 is 1.79 bits per heavy atom. The first-order valence-corrected chi connectivity index (χ1v) is 8.92. The van der Waals surface area contributed by atoms with Gasteiger partial charge in [0.1, 0.15) is 13.2 Å². The van der Waals surface area contributed by atoms with Gasteiger partial charge in [-0.05, 0) is 45.0 Å². The monoisotopic (exact) mass is 413 g/mol. The number of benzene rings is 1. The lowest BCUT2D eigenvalue weighted by molar-refractivity contribution is -0.143. The molecular weight excluding hydrogens is 390 g/mol. The van der Waals surface area contributed by atoms with Crippen LogP contribution in [-0.2, 0) is 9.59 Å². The van der Waals surface area contributed by atoms with E-state index in [2.05, 4.69) is 10.6 Å². The highest BCUT2D eigenvalue weighted by atomic mass is 35.5. The second-order valence-corrected chi connectivity index (χ2v) is 6.63. The number of anilines is 1. The molecule has 0 bridgehead atoms. The fourth-order valence-corrected chi connectivity index (χ4v) is 3.20. The van der Waals surface area contributed by atoms with Gasteiger partial charge in [0.25, 0.3) is 0 Å². The second-order valence-electron chi connectivity index (χ2n) is 6.63. The van der Waals surface area contributed by atoms with Crippen molar-refractivity contribution in [3.8, 4) is 11.5 Å². The summed E-state index contributed by atoms with van der Waals surface area (Å²) in [5.74, 6) is -0.443. The molecule has 2 heterocycles. The highest BCUT2D eigenvalue weighted by molar-refractivity contribution is 6.02. The first-order chi connectivity index (χ1) is 12.9. The van der Waals surface area contributed by atoms with Crippen LogP contribution in [0.5, 0.6) is 11.5 Å². The molecule has 3 rings (SSSR count). The van der Waals surface area contributed by atoms with Crippen molar-refractivity contribution in [2.24, 2.45) is 5.92 Å². The maximum absolute atomic E-state index is 12.3. The largest absolute Gasteiger partial charge is 0.486 e. The Balaban J connectivity index is 0.00000280. The molecule has 3 N–H and O–H groups in total. The number of aliphatic carboxylic acids is 1. The number of rotatable bonds is 4. The van der Waals surface area contributed by atoms with Crippen molar-refractivity contribution >= 4 is 36.0 Å². The lowest BCUT2D eigenvalue weighted by Crippen LogP contribution is -2.50. The zero-order chi connectivity index (χ0) is 19.4. The van der Waals surface area contributed by atoms with Crippen molar-refractivity contribution in [1.29, 1.82) is 0 Å². The van der Waals surface area contributed by atoms with E-state index in [1.807, 2.05) is 4.90 Å². The third-order valence-electron chi connectivity index (χ3n) is 4.84. The quantitative estimate of drug-likeness (QED) is 0.687. The molecule has 2 aliphatic heterocycles. The average Bonchev–Trinajstić information content (AvgIpc) is 2.67. The Kier molecular flexibility index (Phi) is 7.47. The van der Waals surface area contributed by atoms with Gasteiger partial charge in [0.05, 0.1) is 12.0 Å². The predicted molar refractivity (Wildman–Crippen MR) is 103 cm³/mol. The summed E-state index contributed by atoms with van der Waals surface area (Å²) in [5, 5.41) is 14.0. The summed E-state index contributed by atoms with van der Waals surface area (Å²) < 4.78 is 10.9. The summed E-state index contributed by atoms with van der Waals surface area (Å²) in [4.78, 5) is 37.3. The van der Waals surface area contributed by atoms with Gasteiger partial charge in [-0.15, -0.1) is 12.4 Å². The Morgan fingerprint density at radius 3 is 2.43 bits per heavy atom. The number of halogens is 1. The van der Waals surface area contributed by atoms with Gasteiger partial charge in [-0.3, -0.25) is 19.8 Å². The number of ether oxygens (including phenoxy) is 2. The van der Waals surface area contributed by atoms with Crippen LogP contribution in [0, 0.1) is 5.92 Å². The number of nitrogens with one attached hydrogen (secondary N) is 2. The van der Waals surface area contributed by atoms with Crippen molar-refractivity contribution in [3.05, 3.63) is 18.2 Å². The van der Waals surface area contributed by atoms with Crippen LogP contribution in [-0.4, -0.2) is 60.3 Å². The summed E-state index contributed by atoms with van der Waals surface area (Å²) in [6.07, 6.45) is 0.993. The Morgan fingerprint density at radius 1 is 1.14 bits per heavy atom. The minimum atomic E-state index is -0.800. The molecule has 2 aliphatic rings. The summed E-state index contributed by atoms with van der Waals surface area (Å²) in [6.45, 7) is 3.64. The number of likely N-dealkylation sites (tertiary alicyclic amines) is 1. The minimum Gasteiger partial charge on any atom is -0.486 e. The van der Waals surface area contributed by atoms with Gasteiger partial charge in [-0.2, -0.15) is 0 Å². The van der Waals surface area contributed by atoms with Crippen LogP contribution < -0.4 is 20.1 Å². The number of piperidine rings is 1. The van der Waals surface area contributed by atoms with E-state index in [-0.39, 0.29) is 18.3 Å². The number of carbonyl (C=O) groups is 3. The second kappa shape index (κ2) is 9.61. The zero-order valence-electron chi connectivity index (χ0n) is 15.5. The summed E-state index contributed by atoms with van der Waals surface area (Å²) in [7, 11) is 0. The molecule has 28 heavy (non-hydrogen) atoms. The number of imide groups is 1. The molecule has 1 fully saturated rings. The maximum atomic E-state index is 12.3. The molecular formula is C18H24ClN3O6. The number of fused-ring (bicyclic) bond motifs is 1. The van der Waals surface area contributed by atoms with Gasteiger partial charge in [0, 0.05) is 11.8 Å². The van der Waals surface area contributed by atoms with E-state index in [1.54, 1.807) is 25.1 Å². The Bertz CT molecular complexity index is 736. The van der Waals surface area contributed by atoms with E-state index in [0.717, 1.165) is 0 Å². The Hall–Kier alpha value is -2.52. The van der Waals surface area contributed by atoms with Crippen molar-refractivity contribution in [2.75, 3.05) is 31.6 Å². The van der Waals surface area contributed by atoms with E-state index < -0.39 is 23.9 Å². The van der Waals surface area contributed by atoms with Crippen LogP contribution in [0.4, 0.5) is 10.5 Å². The maximum Gasteiger partial charge on any atom is 0.325 e. The van der Waals surface area contributed by atoms with Crippen LogP contribution in [0.1, 0.15) is 19.8 Å². The van der Waals surface area contributed by atoms with Crippen LogP contribution in [0.15, 0.2) is 18.2 Å². The van der Waals surface area contributed by atoms with Gasteiger partial charge < -0.3 is 19.9 Å². The molecule has 3 amide bonds. The molecule has 0 saturated carbocycles. The number of carbonyl (C=O) groups excluding carboxylic acids is 2. The van der Waals surface area contributed by atoms with Gasteiger partial charge >= 0.3 is 12.0 Å². The van der Waals surface area contributed by atoms with Crippen LogP contribution >= 0.6 is 12.4 Å². The van der Waals surface area contributed by atoms with E-state index in [4.69, 9.17) is 14.6 Å². The third-order valence-corrected chi connectivity index (χ3v) is 4.84. The third kappa shape index (κ3) is 5.26. The lowest BCUT2D eigenvalue weighted by Gasteiger charge is -2.33. The minimum absolute atomic E-state index is 0. The highest BCUT2D eigenvalue weighted by Gasteiger charge is 2.30. The Labute approximate surface area is 168 Å². The number of urea groups is 1. The van der Waals surface area contributed by atoms with Crippen LogP contribution in [0.25, 0.3) is 0 Å². The van der Waals surface area contributed by atoms with Gasteiger partial charge in [-0.1, -0.05) is 0 Å². The highest BCUT2D eigenvalue weighted by Crippen LogP contribution is 2.32. The summed E-state index contributed by atoms with van der Waals surface area (Å²) >= 11 is 0. The number of hydrogen-bond donors (Lipinski definition) is 3. The topological polar surface area (TPSA) is 117 Å². The molecule has 0 spiro atoms. The first kappa shape index (κ1) is 21.8. The molecule has 0 radical (unpaired) electrons. The number of carboxylic acids is 1.